The fourth-order valence-corrected chi connectivity index (χ4v) is 1.10. The number of nitrogens with two attached hydrogens (primary N) is 1. The number of oxime groups is 1. The van der Waals surface area contributed by atoms with Gasteiger partial charge < -0.3 is 10.6 Å². The van der Waals surface area contributed by atoms with Crippen molar-refractivity contribution in [3.63, 3.8) is 0 Å². The summed E-state index contributed by atoms with van der Waals surface area (Å²) in [6.07, 6.45) is 1.46. The molecule has 1 aromatic rings. The summed E-state index contributed by atoms with van der Waals surface area (Å²) < 4.78 is 3.74. The van der Waals surface area contributed by atoms with E-state index in [-0.39, 0.29) is 23.3 Å². The van der Waals surface area contributed by atoms with Crippen LogP contribution in [0.3, 0.4) is 0 Å². The number of hydrogen-bond acceptors (Lipinski definition) is 7. The van der Waals surface area contributed by atoms with Crippen LogP contribution in [-0.2, 0) is 9.63 Å². The van der Waals surface area contributed by atoms with Gasteiger partial charge in [-0.05, 0) is 0 Å². The van der Waals surface area contributed by atoms with Crippen molar-refractivity contribution in [1.82, 2.24) is 15.1 Å². The van der Waals surface area contributed by atoms with E-state index in [4.69, 9.17) is 11.5 Å². The smallest absolute Gasteiger partial charge is 0.295 e. The molecule has 0 unspecified atom stereocenters. The molecule has 0 aliphatic heterocycles. The van der Waals surface area contributed by atoms with E-state index in [1.54, 1.807) is 0 Å². The third-order valence-electron chi connectivity index (χ3n) is 1.22. The Morgan fingerprint density at radius 3 is 3.00 bits per heavy atom. The Morgan fingerprint density at radius 1 is 1.80 bits per heavy atom. The first-order valence-electron chi connectivity index (χ1n) is 3.81. The van der Waals surface area contributed by atoms with E-state index in [9.17, 15) is 4.79 Å². The molecule has 3 N–H and O–H groups in total. The summed E-state index contributed by atoms with van der Waals surface area (Å²) in [5, 5.41) is 3.63. The van der Waals surface area contributed by atoms with Gasteiger partial charge in [-0.1, -0.05) is 17.8 Å². The number of nitrogens with one attached hydrogen (secondary N) is 1. The van der Waals surface area contributed by atoms with Gasteiger partial charge in [0, 0.05) is 11.5 Å². The molecule has 1 heterocycles. The molecule has 1 rings (SSSR count). The van der Waals surface area contributed by atoms with Gasteiger partial charge in [0.05, 0.1) is 0 Å². The Hall–Kier alpha value is -1.96. The van der Waals surface area contributed by atoms with Gasteiger partial charge in [0.1, 0.15) is 6.61 Å². The highest BCUT2D eigenvalue weighted by Gasteiger charge is 2.17. The number of carbonyl (C=O) groups excluding carboxylic acids is 1. The van der Waals surface area contributed by atoms with Gasteiger partial charge >= 0.3 is 0 Å². The molecule has 0 saturated heterocycles. The monoisotopic (exact) mass is 226 g/mol. The number of anilines is 1. The Kier molecular flexibility index (Phi) is 3.75. The second kappa shape index (κ2) is 5.05. The molecule has 0 saturated carbocycles. The summed E-state index contributed by atoms with van der Waals surface area (Å²) in [5.74, 6) is -1.03. The minimum absolute atomic E-state index is 0.00145. The van der Waals surface area contributed by atoms with Crippen molar-refractivity contribution in [3.05, 3.63) is 18.5 Å². The fraction of sp³-hybridized carbons (Fsp3) is 0.143. The van der Waals surface area contributed by atoms with Crippen LogP contribution in [0.5, 0.6) is 0 Å². The molecular weight excluding hydrogens is 218 g/mol. The number of amides is 1. The van der Waals surface area contributed by atoms with Crippen LogP contribution in [-0.4, -0.2) is 27.6 Å². The van der Waals surface area contributed by atoms with Crippen LogP contribution >= 0.6 is 11.5 Å². The zero-order valence-electron chi connectivity index (χ0n) is 7.64. The third-order valence-corrected chi connectivity index (χ3v) is 1.76. The maximum atomic E-state index is 10.9. The average Bonchev–Trinajstić information content (AvgIpc) is 2.59. The highest BCUT2D eigenvalue weighted by molar-refractivity contribution is 7.09. The van der Waals surface area contributed by atoms with Crippen molar-refractivity contribution in [2.24, 2.45) is 5.16 Å². The lowest BCUT2D eigenvalue weighted by Gasteiger charge is -1.96. The first kappa shape index (κ1) is 11.1. The summed E-state index contributed by atoms with van der Waals surface area (Å²) in [6.45, 7) is 3.54. The van der Waals surface area contributed by atoms with E-state index >= 15 is 0 Å². The Bertz CT molecular complexity index is 400. The van der Waals surface area contributed by atoms with E-state index in [1.807, 2.05) is 0 Å². The molecule has 79 valence electrons. The van der Waals surface area contributed by atoms with Gasteiger partial charge in [0.15, 0.2) is 5.13 Å². The van der Waals surface area contributed by atoms with Crippen molar-refractivity contribution in [1.29, 1.82) is 0 Å². The van der Waals surface area contributed by atoms with Crippen molar-refractivity contribution in [3.8, 4) is 0 Å². The summed E-state index contributed by atoms with van der Waals surface area (Å²) in [7, 11) is 0. The number of nitrogens with zero attached hydrogens (tertiary/aromatic N) is 3. The zero-order valence-corrected chi connectivity index (χ0v) is 8.45. The first-order valence-corrected chi connectivity index (χ1v) is 4.59. The van der Waals surface area contributed by atoms with Crippen LogP contribution in [0.15, 0.2) is 17.8 Å². The minimum atomic E-state index is -1.03. The molecule has 0 spiro atoms. The number of aromatic nitrogens is 2. The molecule has 0 aliphatic rings. The molecule has 1 radical (unpaired) electrons. The molecule has 0 aromatic carbocycles. The number of carbonyl (C=O) groups is 1. The fourth-order valence-electron chi connectivity index (χ4n) is 0.670. The molecular formula is C7H8N5O2S. The largest absolute Gasteiger partial charge is 0.391 e. The molecule has 7 nitrogen and oxygen atoms in total. The minimum Gasteiger partial charge on any atom is -0.391 e. The zero-order chi connectivity index (χ0) is 11.3. The van der Waals surface area contributed by atoms with Crippen LogP contribution in [0, 0.1) is 0 Å². The predicted octanol–water partition coefficient (Wildman–Crippen LogP) is -0.164. The molecule has 1 amide bonds. The Morgan fingerprint density at radius 2 is 2.53 bits per heavy atom. The van der Waals surface area contributed by atoms with Crippen molar-refractivity contribution >= 4 is 28.3 Å². The van der Waals surface area contributed by atoms with Crippen molar-refractivity contribution in [2.45, 2.75) is 0 Å². The standard InChI is InChI=1S/C7H8N5O2S/c1-2-3-14-11-4(5(8)13)6-10-7(9)15-12-6/h2,8H,1,3H2,(H2,9,10,12)/b11-4+. The van der Waals surface area contributed by atoms with Crippen molar-refractivity contribution in [2.75, 3.05) is 12.3 Å². The molecule has 8 heteroatoms. The molecule has 0 atom stereocenters. The molecule has 0 aliphatic carbocycles. The lowest BCUT2D eigenvalue weighted by molar-refractivity contribution is -0.112. The SMILES string of the molecule is C=CCO/N=C(\C([NH])=O)c1nsc(N)n1. The van der Waals surface area contributed by atoms with Gasteiger partial charge in [-0.25, -0.2) is 0 Å². The lowest BCUT2D eigenvalue weighted by Crippen LogP contribution is -2.18. The normalized spacial score (nSPS) is 11.1. The van der Waals surface area contributed by atoms with Gasteiger partial charge in [0.25, 0.3) is 5.91 Å². The second-order valence-electron chi connectivity index (χ2n) is 2.31. The van der Waals surface area contributed by atoms with Gasteiger partial charge in [-0.3, -0.25) is 10.5 Å². The van der Waals surface area contributed by atoms with E-state index in [0.717, 1.165) is 11.5 Å². The lowest BCUT2D eigenvalue weighted by atomic mass is 10.3. The summed E-state index contributed by atoms with van der Waals surface area (Å²) in [4.78, 5) is 19.3. The highest BCUT2D eigenvalue weighted by atomic mass is 32.1. The predicted molar refractivity (Wildman–Crippen MR) is 55.1 cm³/mol. The molecule has 0 fully saturated rings. The number of hydrogen-bond donors (Lipinski definition) is 1. The van der Waals surface area contributed by atoms with E-state index < -0.39 is 5.91 Å². The van der Waals surface area contributed by atoms with E-state index in [1.165, 1.54) is 6.08 Å². The Labute approximate surface area is 89.6 Å². The molecule has 0 bridgehead atoms. The Balaban J connectivity index is 2.87. The maximum Gasteiger partial charge on any atom is 0.295 e. The third kappa shape index (κ3) is 3.02. The molecule has 1 aromatic heterocycles. The van der Waals surface area contributed by atoms with Crippen LogP contribution in [0.4, 0.5) is 5.13 Å². The maximum absolute atomic E-state index is 10.9. The number of nitrogen functional groups attached to an aromatic ring is 1. The number of rotatable bonds is 5. The molecule has 15 heavy (non-hydrogen) atoms. The van der Waals surface area contributed by atoms with Crippen molar-refractivity contribution < 1.29 is 9.63 Å². The summed E-state index contributed by atoms with van der Waals surface area (Å²) in [6, 6.07) is 0. The topological polar surface area (TPSA) is 114 Å². The van der Waals surface area contributed by atoms with Crippen LogP contribution in [0.25, 0.3) is 0 Å². The van der Waals surface area contributed by atoms with Gasteiger partial charge in [-0.2, -0.15) is 9.36 Å². The van der Waals surface area contributed by atoms with Crippen LogP contribution in [0.2, 0.25) is 0 Å². The van der Waals surface area contributed by atoms with E-state index in [2.05, 4.69) is 25.9 Å². The van der Waals surface area contributed by atoms with Crippen LogP contribution < -0.4 is 11.5 Å². The highest BCUT2D eigenvalue weighted by Crippen LogP contribution is 2.07. The van der Waals surface area contributed by atoms with Gasteiger partial charge in [0.2, 0.25) is 11.5 Å². The average molecular weight is 226 g/mol. The van der Waals surface area contributed by atoms with E-state index in [0.29, 0.717) is 0 Å². The first-order chi connectivity index (χ1) is 7.15. The van der Waals surface area contributed by atoms with Gasteiger partial charge in [-0.15, -0.1) is 0 Å². The second-order valence-corrected chi connectivity index (χ2v) is 3.09. The van der Waals surface area contributed by atoms with Crippen LogP contribution in [0.1, 0.15) is 5.82 Å². The summed E-state index contributed by atoms with van der Waals surface area (Å²) in [5.41, 5.74) is 12.0. The quantitative estimate of drug-likeness (QED) is 0.324. The summed E-state index contributed by atoms with van der Waals surface area (Å²) >= 11 is 0.914.